The number of benzene rings is 1. The van der Waals surface area contributed by atoms with Crippen molar-refractivity contribution in [1.29, 1.82) is 0 Å². The van der Waals surface area contributed by atoms with E-state index in [1.165, 1.54) is 0 Å². The maximum atomic E-state index is 13.0. The highest BCUT2D eigenvalue weighted by Crippen LogP contribution is 2.43. The van der Waals surface area contributed by atoms with Crippen molar-refractivity contribution >= 4 is 34.4 Å². The van der Waals surface area contributed by atoms with Gasteiger partial charge in [0.1, 0.15) is 17.1 Å². The van der Waals surface area contributed by atoms with Gasteiger partial charge in [0.25, 0.3) is 11.8 Å². The van der Waals surface area contributed by atoms with Crippen LogP contribution in [-0.4, -0.2) is 66.0 Å². The molecule has 3 aromatic rings. The first-order valence-corrected chi connectivity index (χ1v) is 10.6. The van der Waals surface area contributed by atoms with Crippen LogP contribution in [0.3, 0.4) is 0 Å². The third kappa shape index (κ3) is 3.51. The minimum Gasteiger partial charge on any atom is -0.479 e. The van der Waals surface area contributed by atoms with Crippen LogP contribution >= 0.6 is 11.6 Å². The number of aromatic amines is 1. The zero-order valence-electron chi connectivity index (χ0n) is 17.0. The summed E-state index contributed by atoms with van der Waals surface area (Å²) in [6.07, 6.45) is 1.60. The lowest BCUT2D eigenvalue weighted by Crippen LogP contribution is -2.50. The average Bonchev–Trinajstić information content (AvgIpc) is 3.42. The number of rotatable bonds is 3. The summed E-state index contributed by atoms with van der Waals surface area (Å²) in [7, 11) is 1.58. The maximum Gasteiger partial charge on any atom is 0.267 e. The lowest BCUT2D eigenvalue weighted by atomic mass is 9.99. The molecule has 0 aliphatic carbocycles. The van der Waals surface area contributed by atoms with Gasteiger partial charge in [0, 0.05) is 67.4 Å². The van der Waals surface area contributed by atoms with Crippen LogP contribution in [0.2, 0.25) is 5.02 Å². The lowest BCUT2D eigenvalue weighted by Gasteiger charge is -2.29. The number of carbonyl (C=O) groups is 2. The molecule has 3 N–H and O–H groups in total. The summed E-state index contributed by atoms with van der Waals surface area (Å²) in [5.41, 5.74) is 3.54. The number of hydrogen-bond donors (Lipinski definition) is 3. The highest BCUT2D eigenvalue weighted by Gasteiger charge is 2.35. The van der Waals surface area contributed by atoms with Gasteiger partial charge in [-0.1, -0.05) is 11.6 Å². The van der Waals surface area contributed by atoms with Crippen molar-refractivity contribution in [2.45, 2.75) is 12.5 Å². The minimum atomic E-state index is -0.560. The molecule has 4 heterocycles. The van der Waals surface area contributed by atoms with Crippen LogP contribution in [0.25, 0.3) is 22.2 Å². The number of piperazine rings is 1. The first kappa shape index (κ1) is 19.8. The van der Waals surface area contributed by atoms with Crippen molar-refractivity contribution < 1.29 is 14.3 Å². The number of fused-ring (bicyclic) bond motifs is 2. The fraction of sp³-hybridized carbons (Fsp3) is 0.318. The van der Waals surface area contributed by atoms with Crippen LogP contribution in [-0.2, 0) is 11.2 Å². The second-order valence-electron chi connectivity index (χ2n) is 7.71. The summed E-state index contributed by atoms with van der Waals surface area (Å²) in [5, 5.41) is 7.22. The number of halogens is 1. The smallest absolute Gasteiger partial charge is 0.267 e. The number of pyridine rings is 1. The van der Waals surface area contributed by atoms with Crippen molar-refractivity contribution in [2.24, 2.45) is 0 Å². The normalized spacial score (nSPS) is 18.0. The molecule has 0 spiro atoms. The van der Waals surface area contributed by atoms with E-state index in [0.29, 0.717) is 41.6 Å². The first-order chi connectivity index (χ1) is 15.0. The Morgan fingerprint density at radius 3 is 2.81 bits per heavy atom. The Balaban J connectivity index is 1.54. The standard InChI is InChI=1S/C22H22ClN5O3/c1-24-21(29)17-11-16-14(2-3-26-20(16)27-17)15-10-13(23)8-12-9-18(31-19(12)15)22(30)28-6-4-25-5-7-28/h2-3,8,10-11,18,25H,4-7,9H2,1H3,(H,24,29)(H,26,27)/t18-/m1/s1. The second-order valence-corrected chi connectivity index (χ2v) is 8.15. The van der Waals surface area contributed by atoms with Crippen LogP contribution in [0.15, 0.2) is 30.5 Å². The Labute approximate surface area is 183 Å². The summed E-state index contributed by atoms with van der Waals surface area (Å²) >= 11 is 6.44. The number of carbonyl (C=O) groups excluding carboxylic acids is 2. The molecular weight excluding hydrogens is 418 g/mol. The monoisotopic (exact) mass is 439 g/mol. The number of ether oxygens (including phenoxy) is 1. The van der Waals surface area contributed by atoms with Crippen molar-refractivity contribution in [1.82, 2.24) is 25.5 Å². The van der Waals surface area contributed by atoms with E-state index < -0.39 is 6.10 Å². The van der Waals surface area contributed by atoms with Crippen molar-refractivity contribution in [3.8, 4) is 16.9 Å². The van der Waals surface area contributed by atoms with Gasteiger partial charge in [-0.05, 0) is 29.8 Å². The van der Waals surface area contributed by atoms with E-state index >= 15 is 0 Å². The molecule has 2 aromatic heterocycles. The van der Waals surface area contributed by atoms with Gasteiger partial charge in [-0.25, -0.2) is 4.98 Å². The number of H-pyrrole nitrogens is 1. The number of nitrogens with zero attached hydrogens (tertiary/aromatic N) is 2. The predicted octanol–water partition coefficient (Wildman–Crippen LogP) is 1.98. The van der Waals surface area contributed by atoms with E-state index in [9.17, 15) is 9.59 Å². The van der Waals surface area contributed by atoms with Gasteiger partial charge in [0.05, 0.1) is 0 Å². The average molecular weight is 440 g/mol. The summed E-state index contributed by atoms with van der Waals surface area (Å²) in [6, 6.07) is 7.32. The SMILES string of the molecule is CNC(=O)c1cc2c(-c3cc(Cl)cc4c3O[C@@H](C(=O)N3CCNCC3)C4)ccnc2[nH]1. The van der Waals surface area contributed by atoms with E-state index in [1.807, 2.05) is 23.1 Å². The van der Waals surface area contributed by atoms with Crippen molar-refractivity contribution in [3.63, 3.8) is 0 Å². The second kappa shape index (κ2) is 7.86. The van der Waals surface area contributed by atoms with Crippen LogP contribution in [0.1, 0.15) is 16.1 Å². The molecule has 2 amide bonds. The summed E-state index contributed by atoms with van der Waals surface area (Å²) in [5.74, 6) is 0.439. The molecule has 0 radical (unpaired) electrons. The molecule has 0 saturated carbocycles. The van der Waals surface area contributed by atoms with Gasteiger partial charge in [0.15, 0.2) is 6.10 Å². The van der Waals surface area contributed by atoms with Crippen LogP contribution in [0.4, 0.5) is 0 Å². The molecule has 1 aromatic carbocycles. The van der Waals surface area contributed by atoms with Gasteiger partial charge in [-0.2, -0.15) is 0 Å². The molecule has 0 unspecified atom stereocenters. The highest BCUT2D eigenvalue weighted by atomic mass is 35.5. The zero-order valence-corrected chi connectivity index (χ0v) is 17.8. The van der Waals surface area contributed by atoms with Gasteiger partial charge < -0.3 is 25.3 Å². The third-order valence-electron chi connectivity index (χ3n) is 5.79. The predicted molar refractivity (Wildman–Crippen MR) is 117 cm³/mol. The quantitative estimate of drug-likeness (QED) is 0.579. The number of amides is 2. The molecule has 1 fully saturated rings. The molecule has 1 atom stereocenters. The fourth-order valence-electron chi connectivity index (χ4n) is 4.27. The topological polar surface area (TPSA) is 99.3 Å². The van der Waals surface area contributed by atoms with E-state index in [1.54, 1.807) is 19.3 Å². The van der Waals surface area contributed by atoms with E-state index in [2.05, 4.69) is 20.6 Å². The minimum absolute atomic E-state index is 0.00296. The van der Waals surface area contributed by atoms with E-state index in [0.717, 1.165) is 35.2 Å². The zero-order chi connectivity index (χ0) is 21.5. The first-order valence-electron chi connectivity index (χ1n) is 10.2. The molecule has 1 saturated heterocycles. The van der Waals surface area contributed by atoms with Gasteiger partial charge in [-0.3, -0.25) is 9.59 Å². The fourth-order valence-corrected chi connectivity index (χ4v) is 4.51. The Kier molecular flexibility index (Phi) is 5.03. The van der Waals surface area contributed by atoms with Crippen molar-refractivity contribution in [2.75, 3.05) is 33.2 Å². The van der Waals surface area contributed by atoms with Gasteiger partial charge in [-0.15, -0.1) is 0 Å². The molecule has 9 heteroatoms. The summed E-state index contributed by atoms with van der Waals surface area (Å²) in [6.45, 7) is 2.94. The number of aromatic nitrogens is 2. The van der Waals surface area contributed by atoms with Crippen molar-refractivity contribution in [3.05, 3.63) is 46.7 Å². The Hall–Kier alpha value is -3.10. The lowest BCUT2D eigenvalue weighted by molar-refractivity contribution is -0.138. The number of nitrogens with one attached hydrogen (secondary N) is 3. The summed E-state index contributed by atoms with van der Waals surface area (Å²) < 4.78 is 6.21. The molecule has 160 valence electrons. The third-order valence-corrected chi connectivity index (χ3v) is 6.01. The summed E-state index contributed by atoms with van der Waals surface area (Å²) in [4.78, 5) is 34.3. The van der Waals surface area contributed by atoms with Crippen LogP contribution in [0.5, 0.6) is 5.75 Å². The van der Waals surface area contributed by atoms with Gasteiger partial charge >= 0.3 is 0 Å². The van der Waals surface area contributed by atoms with Crippen LogP contribution in [0, 0.1) is 0 Å². The molecule has 5 rings (SSSR count). The maximum absolute atomic E-state index is 13.0. The Morgan fingerprint density at radius 1 is 1.23 bits per heavy atom. The molecular formula is C22H22ClN5O3. The Bertz CT molecular complexity index is 1190. The number of hydrogen-bond acceptors (Lipinski definition) is 5. The van der Waals surface area contributed by atoms with Crippen LogP contribution < -0.4 is 15.4 Å². The largest absolute Gasteiger partial charge is 0.479 e. The Morgan fingerprint density at radius 2 is 2.03 bits per heavy atom. The van der Waals surface area contributed by atoms with Gasteiger partial charge in [0.2, 0.25) is 0 Å². The highest BCUT2D eigenvalue weighted by molar-refractivity contribution is 6.31. The van der Waals surface area contributed by atoms with E-state index in [-0.39, 0.29) is 11.8 Å². The molecule has 31 heavy (non-hydrogen) atoms. The molecule has 2 aliphatic heterocycles. The molecule has 0 bridgehead atoms. The molecule has 2 aliphatic rings. The van der Waals surface area contributed by atoms with E-state index in [4.69, 9.17) is 16.3 Å². The molecule has 8 nitrogen and oxygen atoms in total.